The molecule has 1 aromatic carbocycles. The van der Waals surface area contributed by atoms with E-state index in [0.29, 0.717) is 12.5 Å². The summed E-state index contributed by atoms with van der Waals surface area (Å²) in [6.45, 7) is 0.388. The number of rotatable bonds is 4. The molecule has 0 saturated heterocycles. The molecule has 4 saturated carbocycles. The van der Waals surface area contributed by atoms with Crippen molar-refractivity contribution in [2.24, 2.45) is 29.6 Å². The van der Waals surface area contributed by atoms with Crippen LogP contribution in [0.2, 0.25) is 0 Å². The molecule has 0 aromatic heterocycles. The van der Waals surface area contributed by atoms with Crippen molar-refractivity contribution in [3.05, 3.63) is 30.3 Å². The van der Waals surface area contributed by atoms with Gasteiger partial charge in [0.15, 0.2) is 0 Å². The van der Waals surface area contributed by atoms with Crippen LogP contribution in [0.25, 0.3) is 0 Å². The van der Waals surface area contributed by atoms with Gasteiger partial charge < -0.3 is 0 Å². The van der Waals surface area contributed by atoms with Gasteiger partial charge in [0.25, 0.3) is 10.1 Å². The van der Waals surface area contributed by atoms with Crippen molar-refractivity contribution in [1.82, 2.24) is 0 Å². The molecule has 0 radical (unpaired) electrons. The van der Waals surface area contributed by atoms with Crippen LogP contribution >= 0.6 is 0 Å². The first kappa shape index (κ1) is 11.0. The first-order valence-corrected chi connectivity index (χ1v) is 8.02. The van der Waals surface area contributed by atoms with E-state index in [1.165, 1.54) is 12.8 Å². The SMILES string of the molecule is O=S(=O)(OC[C@@H]1C2C[C@@H]3C1[C@@H]3C2)c1ccccc1. The molecule has 1 aromatic rings. The lowest BCUT2D eigenvalue weighted by atomic mass is 10.00. The van der Waals surface area contributed by atoms with Crippen LogP contribution in [0.5, 0.6) is 0 Å². The topological polar surface area (TPSA) is 43.4 Å². The van der Waals surface area contributed by atoms with Gasteiger partial charge >= 0.3 is 0 Å². The van der Waals surface area contributed by atoms with Gasteiger partial charge in [0.05, 0.1) is 11.5 Å². The number of hydrogen-bond donors (Lipinski definition) is 0. The summed E-state index contributed by atoms with van der Waals surface area (Å²) in [5.41, 5.74) is 0. The molecule has 5 rings (SSSR count). The van der Waals surface area contributed by atoms with E-state index in [2.05, 4.69) is 0 Å². The summed E-state index contributed by atoms with van der Waals surface area (Å²) in [5.74, 6) is 3.82. The smallest absolute Gasteiger partial charge is 0.266 e. The van der Waals surface area contributed by atoms with Crippen molar-refractivity contribution in [1.29, 1.82) is 0 Å². The highest BCUT2D eigenvalue weighted by Gasteiger charge is 2.68. The Hall–Kier alpha value is -0.870. The van der Waals surface area contributed by atoms with Gasteiger partial charge in [-0.25, -0.2) is 0 Å². The molecule has 96 valence electrons. The normalized spacial score (nSPS) is 40.1. The molecule has 18 heavy (non-hydrogen) atoms. The minimum absolute atomic E-state index is 0.266. The van der Waals surface area contributed by atoms with Crippen molar-refractivity contribution in [3.63, 3.8) is 0 Å². The molecular formula is C14H16O3S. The van der Waals surface area contributed by atoms with Crippen molar-refractivity contribution in [2.75, 3.05) is 6.61 Å². The van der Waals surface area contributed by atoms with E-state index in [-0.39, 0.29) is 4.90 Å². The largest absolute Gasteiger partial charge is 0.296 e. The van der Waals surface area contributed by atoms with Gasteiger partial charge in [-0.1, -0.05) is 18.2 Å². The second kappa shape index (κ2) is 3.58. The Bertz CT molecular complexity index is 552. The summed E-state index contributed by atoms with van der Waals surface area (Å²) >= 11 is 0. The Morgan fingerprint density at radius 1 is 1.11 bits per heavy atom. The van der Waals surface area contributed by atoms with Crippen LogP contribution in [-0.2, 0) is 14.3 Å². The second-order valence-corrected chi connectivity index (χ2v) is 7.47. The lowest BCUT2D eigenvalue weighted by Crippen LogP contribution is -2.17. The summed E-state index contributed by atoms with van der Waals surface area (Å²) in [6.07, 6.45) is 2.63. The Labute approximate surface area is 107 Å². The van der Waals surface area contributed by atoms with E-state index in [9.17, 15) is 8.42 Å². The highest BCUT2D eigenvalue weighted by atomic mass is 32.2. The molecule has 4 heteroatoms. The van der Waals surface area contributed by atoms with E-state index in [1.54, 1.807) is 30.3 Å². The fourth-order valence-electron chi connectivity index (χ4n) is 4.30. The minimum atomic E-state index is -3.56. The van der Waals surface area contributed by atoms with Crippen LogP contribution in [0.4, 0.5) is 0 Å². The zero-order valence-corrected chi connectivity index (χ0v) is 10.8. The van der Waals surface area contributed by atoms with Gasteiger partial charge in [-0.05, 0) is 54.6 Å². The van der Waals surface area contributed by atoms with Crippen molar-refractivity contribution in [2.45, 2.75) is 17.7 Å². The third-order valence-electron chi connectivity index (χ3n) is 5.10. The van der Waals surface area contributed by atoms with Gasteiger partial charge in [-0.15, -0.1) is 0 Å². The minimum Gasteiger partial charge on any atom is -0.266 e. The highest BCUT2D eigenvalue weighted by molar-refractivity contribution is 7.86. The predicted molar refractivity (Wildman–Crippen MR) is 66.3 cm³/mol. The molecule has 0 amide bonds. The maximum absolute atomic E-state index is 12.0. The summed E-state index contributed by atoms with van der Waals surface area (Å²) in [4.78, 5) is 0.266. The number of hydrogen-bond acceptors (Lipinski definition) is 3. The number of benzene rings is 1. The van der Waals surface area contributed by atoms with Gasteiger partial charge in [-0.2, -0.15) is 8.42 Å². The van der Waals surface area contributed by atoms with Crippen LogP contribution in [0.1, 0.15) is 12.8 Å². The van der Waals surface area contributed by atoms with E-state index in [4.69, 9.17) is 4.18 Å². The summed E-state index contributed by atoms with van der Waals surface area (Å²) < 4.78 is 29.3. The van der Waals surface area contributed by atoms with Crippen LogP contribution in [0.15, 0.2) is 35.2 Å². The van der Waals surface area contributed by atoms with Gasteiger partial charge in [0.2, 0.25) is 0 Å². The molecule has 3 nitrogen and oxygen atoms in total. The maximum atomic E-state index is 12.0. The second-order valence-electron chi connectivity index (χ2n) is 5.85. The third kappa shape index (κ3) is 1.48. The van der Waals surface area contributed by atoms with Gasteiger partial charge in [-0.3, -0.25) is 4.18 Å². The van der Waals surface area contributed by atoms with Crippen molar-refractivity contribution < 1.29 is 12.6 Å². The quantitative estimate of drug-likeness (QED) is 0.784. The monoisotopic (exact) mass is 264 g/mol. The molecule has 4 bridgehead atoms. The fraction of sp³-hybridized carbons (Fsp3) is 0.571. The van der Waals surface area contributed by atoms with Crippen LogP contribution in [0.3, 0.4) is 0 Å². The molecule has 0 heterocycles. The lowest BCUT2D eigenvalue weighted by molar-refractivity contribution is 0.223. The molecule has 2 unspecified atom stereocenters. The van der Waals surface area contributed by atoms with E-state index in [1.807, 2.05) is 0 Å². The third-order valence-corrected chi connectivity index (χ3v) is 6.39. The molecule has 0 N–H and O–H groups in total. The molecular weight excluding hydrogens is 248 g/mol. The predicted octanol–water partition coefficient (Wildman–Crippen LogP) is 2.29. The van der Waals surface area contributed by atoms with Crippen molar-refractivity contribution in [3.8, 4) is 0 Å². The molecule has 5 atom stereocenters. The Balaban J connectivity index is 1.46. The van der Waals surface area contributed by atoms with E-state index in [0.717, 1.165) is 23.7 Å². The molecule has 0 spiro atoms. The average Bonchev–Trinajstić information content (AvgIpc) is 2.78. The summed E-state index contributed by atoms with van der Waals surface area (Å²) in [6, 6.07) is 8.42. The van der Waals surface area contributed by atoms with E-state index < -0.39 is 10.1 Å². The molecule has 4 aliphatic carbocycles. The first-order chi connectivity index (χ1) is 8.67. The summed E-state index contributed by atoms with van der Waals surface area (Å²) in [7, 11) is -3.56. The Kier molecular flexibility index (Phi) is 2.19. The Morgan fingerprint density at radius 3 is 2.33 bits per heavy atom. The van der Waals surface area contributed by atoms with E-state index >= 15 is 0 Å². The Morgan fingerprint density at radius 2 is 1.78 bits per heavy atom. The van der Waals surface area contributed by atoms with Crippen LogP contribution in [0, 0.1) is 29.6 Å². The molecule has 4 aliphatic rings. The standard InChI is InChI=1S/C14H16O3S/c15-18(16,10-4-2-1-3-5-10)17-8-13-9-6-11-12(7-9)14(11)13/h1-5,9,11-14H,6-8H2/t9?,11-,12+,13-,14?/m1/s1. The van der Waals surface area contributed by atoms with Crippen LogP contribution in [-0.4, -0.2) is 15.0 Å². The van der Waals surface area contributed by atoms with Gasteiger partial charge in [0.1, 0.15) is 0 Å². The molecule has 4 fully saturated rings. The lowest BCUT2D eigenvalue weighted by Gasteiger charge is -2.14. The first-order valence-electron chi connectivity index (χ1n) is 6.61. The average molecular weight is 264 g/mol. The maximum Gasteiger partial charge on any atom is 0.296 e. The summed E-state index contributed by atoms with van der Waals surface area (Å²) in [5, 5.41) is 0. The highest BCUT2D eigenvalue weighted by Crippen LogP contribution is 2.73. The zero-order chi connectivity index (χ0) is 12.3. The van der Waals surface area contributed by atoms with Crippen LogP contribution < -0.4 is 0 Å². The zero-order valence-electron chi connectivity index (χ0n) is 10.0. The van der Waals surface area contributed by atoms with Gasteiger partial charge in [0, 0.05) is 0 Å². The van der Waals surface area contributed by atoms with Crippen molar-refractivity contribution >= 4 is 10.1 Å². The fourth-order valence-corrected chi connectivity index (χ4v) is 5.27. The molecule has 0 aliphatic heterocycles.